The molecule has 0 amide bonds. The highest BCUT2D eigenvalue weighted by atomic mass is 79.9. The van der Waals surface area contributed by atoms with Crippen LogP contribution >= 0.6 is 15.9 Å². The molecule has 0 fully saturated rings. The van der Waals surface area contributed by atoms with Gasteiger partial charge in [-0.1, -0.05) is 11.8 Å². The summed E-state index contributed by atoms with van der Waals surface area (Å²) in [5.74, 6) is 4.07. The first-order valence-electron chi connectivity index (χ1n) is 2.92. The fourth-order valence-corrected chi connectivity index (χ4v) is 1.19. The van der Waals surface area contributed by atoms with Gasteiger partial charge in [-0.25, -0.2) is 4.79 Å². The van der Waals surface area contributed by atoms with Crippen LogP contribution in [-0.4, -0.2) is 23.2 Å². The second kappa shape index (κ2) is 2.67. The Hall–Kier alpha value is -0.820. The topological polar surface area (TPSA) is 43.4 Å². The van der Waals surface area contributed by atoms with Crippen LogP contribution in [0.15, 0.2) is 0 Å². The van der Waals surface area contributed by atoms with E-state index < -0.39 is 10.3 Å². The van der Waals surface area contributed by atoms with Crippen molar-refractivity contribution in [2.75, 3.05) is 7.11 Å². The maximum atomic E-state index is 11.0. The lowest BCUT2D eigenvalue weighted by atomic mass is 10.1. The first-order valence-corrected chi connectivity index (χ1v) is 3.71. The van der Waals surface area contributed by atoms with Crippen LogP contribution in [0.4, 0.5) is 0 Å². The fraction of sp³-hybridized carbons (Fsp3) is 0.429. The second-order valence-corrected chi connectivity index (χ2v) is 3.24. The number of methoxy groups -OCH3 is 1. The van der Waals surface area contributed by atoms with Crippen molar-refractivity contribution in [3.8, 4) is 11.8 Å². The standard InChI is InChI=1S/C7H5BrO3/c1-11-6(10)7(8)4-2-3-5(7)9/h3H2,1H3. The normalized spacial score (nSPS) is 27.6. The lowest BCUT2D eigenvalue weighted by Crippen LogP contribution is -2.37. The first-order chi connectivity index (χ1) is 5.11. The Morgan fingerprint density at radius 1 is 1.82 bits per heavy atom. The van der Waals surface area contributed by atoms with Crippen LogP contribution < -0.4 is 0 Å². The number of rotatable bonds is 1. The molecule has 11 heavy (non-hydrogen) atoms. The average molecular weight is 217 g/mol. The number of hydrogen-bond donors (Lipinski definition) is 0. The molecule has 0 aromatic rings. The van der Waals surface area contributed by atoms with E-state index >= 15 is 0 Å². The molecule has 1 atom stereocenters. The van der Waals surface area contributed by atoms with Crippen molar-refractivity contribution < 1.29 is 14.3 Å². The van der Waals surface area contributed by atoms with E-state index in [4.69, 9.17) is 0 Å². The summed E-state index contributed by atoms with van der Waals surface area (Å²) in [7, 11) is 1.22. The third-order valence-electron chi connectivity index (χ3n) is 1.36. The molecule has 0 saturated carbocycles. The summed E-state index contributed by atoms with van der Waals surface area (Å²) in [6.45, 7) is 0. The van der Waals surface area contributed by atoms with Gasteiger partial charge >= 0.3 is 5.97 Å². The zero-order chi connectivity index (χ0) is 8.48. The molecular formula is C7H5BrO3. The maximum Gasteiger partial charge on any atom is 0.342 e. The van der Waals surface area contributed by atoms with Crippen molar-refractivity contribution in [2.45, 2.75) is 10.7 Å². The summed E-state index contributed by atoms with van der Waals surface area (Å²) in [5, 5.41) is 0. The summed E-state index contributed by atoms with van der Waals surface area (Å²) in [4.78, 5) is 22.0. The Bertz CT molecular complexity index is 273. The van der Waals surface area contributed by atoms with Gasteiger partial charge in [0.25, 0.3) is 0 Å². The van der Waals surface area contributed by atoms with Crippen LogP contribution in [0, 0.1) is 11.8 Å². The molecule has 0 bridgehead atoms. The van der Waals surface area contributed by atoms with Crippen molar-refractivity contribution >= 4 is 27.7 Å². The van der Waals surface area contributed by atoms with Crippen LogP contribution in [0.5, 0.6) is 0 Å². The molecule has 4 heteroatoms. The number of hydrogen-bond acceptors (Lipinski definition) is 3. The highest BCUT2D eigenvalue weighted by Crippen LogP contribution is 2.25. The van der Waals surface area contributed by atoms with Gasteiger partial charge in [-0.15, -0.1) is 0 Å². The number of halogens is 1. The zero-order valence-corrected chi connectivity index (χ0v) is 7.40. The summed E-state index contributed by atoms with van der Waals surface area (Å²) >= 11 is 2.94. The minimum atomic E-state index is -1.39. The highest BCUT2D eigenvalue weighted by molar-refractivity contribution is 9.10. The van der Waals surface area contributed by atoms with Crippen LogP contribution in [0.25, 0.3) is 0 Å². The van der Waals surface area contributed by atoms with Gasteiger partial charge in [-0.3, -0.25) is 4.79 Å². The van der Waals surface area contributed by atoms with Gasteiger partial charge in [0.05, 0.1) is 13.5 Å². The number of carbonyl (C=O) groups is 2. The lowest BCUT2D eigenvalue weighted by Gasteiger charge is -2.11. The van der Waals surface area contributed by atoms with Crippen molar-refractivity contribution in [3.63, 3.8) is 0 Å². The van der Waals surface area contributed by atoms with Gasteiger partial charge in [-0.05, 0) is 15.9 Å². The van der Waals surface area contributed by atoms with Crippen molar-refractivity contribution in [2.24, 2.45) is 0 Å². The molecule has 1 unspecified atom stereocenters. The third-order valence-corrected chi connectivity index (χ3v) is 2.32. The van der Waals surface area contributed by atoms with Gasteiger partial charge < -0.3 is 4.74 Å². The highest BCUT2D eigenvalue weighted by Gasteiger charge is 2.44. The number of esters is 1. The summed E-state index contributed by atoms with van der Waals surface area (Å²) < 4.78 is 3.01. The Balaban J connectivity index is 2.93. The SMILES string of the molecule is COC(=O)C1(Br)C#CCC1=O. The molecule has 0 radical (unpaired) electrons. The fourth-order valence-electron chi connectivity index (χ4n) is 0.743. The molecule has 1 rings (SSSR count). The van der Waals surface area contributed by atoms with E-state index in [2.05, 4.69) is 32.5 Å². The van der Waals surface area contributed by atoms with Gasteiger partial charge in [0, 0.05) is 0 Å². The Morgan fingerprint density at radius 3 is 2.82 bits per heavy atom. The van der Waals surface area contributed by atoms with Crippen LogP contribution in [0.2, 0.25) is 0 Å². The molecule has 0 aliphatic heterocycles. The van der Waals surface area contributed by atoms with Crippen molar-refractivity contribution in [1.82, 2.24) is 0 Å². The summed E-state index contributed by atoms with van der Waals surface area (Å²) in [6.07, 6.45) is 0.111. The quantitative estimate of drug-likeness (QED) is 0.274. The van der Waals surface area contributed by atoms with Crippen molar-refractivity contribution in [1.29, 1.82) is 0 Å². The van der Waals surface area contributed by atoms with Crippen LogP contribution in [0.1, 0.15) is 6.42 Å². The minimum absolute atomic E-state index is 0.111. The number of Topliss-reactive ketones (excluding diaryl/α,β-unsaturated/α-hetero) is 1. The minimum Gasteiger partial charge on any atom is -0.467 e. The van der Waals surface area contributed by atoms with Crippen LogP contribution in [-0.2, 0) is 14.3 Å². The zero-order valence-electron chi connectivity index (χ0n) is 5.81. The number of ether oxygens (including phenoxy) is 1. The van der Waals surface area contributed by atoms with E-state index in [9.17, 15) is 9.59 Å². The monoisotopic (exact) mass is 216 g/mol. The smallest absolute Gasteiger partial charge is 0.342 e. The molecule has 58 valence electrons. The molecule has 0 heterocycles. The van der Waals surface area contributed by atoms with Gasteiger partial charge in [0.1, 0.15) is 0 Å². The van der Waals surface area contributed by atoms with Gasteiger partial charge in [0.2, 0.25) is 4.32 Å². The van der Waals surface area contributed by atoms with E-state index in [0.29, 0.717) is 0 Å². The van der Waals surface area contributed by atoms with E-state index in [1.165, 1.54) is 7.11 Å². The van der Waals surface area contributed by atoms with E-state index in [-0.39, 0.29) is 12.2 Å². The molecule has 0 aromatic heterocycles. The molecule has 0 saturated heterocycles. The number of alkyl halides is 1. The lowest BCUT2D eigenvalue weighted by molar-refractivity contribution is -0.144. The molecule has 0 N–H and O–H groups in total. The van der Waals surface area contributed by atoms with Crippen molar-refractivity contribution in [3.05, 3.63) is 0 Å². The van der Waals surface area contributed by atoms with E-state index in [0.717, 1.165) is 0 Å². The Morgan fingerprint density at radius 2 is 2.45 bits per heavy atom. The average Bonchev–Trinajstić information content (AvgIpc) is 2.32. The molecule has 0 spiro atoms. The molecule has 1 aliphatic rings. The van der Waals surface area contributed by atoms with Gasteiger partial charge in [-0.2, -0.15) is 0 Å². The van der Waals surface area contributed by atoms with E-state index in [1.54, 1.807) is 0 Å². The van der Waals surface area contributed by atoms with E-state index in [1.807, 2.05) is 0 Å². The Kier molecular flexibility index (Phi) is 2.01. The van der Waals surface area contributed by atoms with Crippen LogP contribution in [0.3, 0.4) is 0 Å². The Labute approximate surface area is 72.2 Å². The predicted octanol–water partition coefficient (Wildman–Crippen LogP) is 0.269. The summed E-state index contributed by atoms with van der Waals surface area (Å²) in [6, 6.07) is 0. The molecule has 0 aromatic carbocycles. The summed E-state index contributed by atoms with van der Waals surface area (Å²) in [5.41, 5.74) is 0. The molecule has 1 aliphatic carbocycles. The molecule has 3 nitrogen and oxygen atoms in total. The number of ketones is 1. The predicted molar refractivity (Wildman–Crippen MR) is 41.1 cm³/mol. The van der Waals surface area contributed by atoms with Gasteiger partial charge in [0.15, 0.2) is 5.78 Å². The largest absolute Gasteiger partial charge is 0.467 e. The maximum absolute atomic E-state index is 11.0. The third kappa shape index (κ3) is 1.16. The first kappa shape index (κ1) is 8.28. The number of carbonyl (C=O) groups excluding carboxylic acids is 2. The molecular weight excluding hydrogens is 212 g/mol. The second-order valence-electron chi connectivity index (χ2n) is 2.05.